The van der Waals surface area contributed by atoms with Crippen molar-refractivity contribution in [1.29, 1.82) is 0 Å². The van der Waals surface area contributed by atoms with Gasteiger partial charge in [0.25, 0.3) is 0 Å². The van der Waals surface area contributed by atoms with E-state index in [0.717, 1.165) is 6.29 Å². The first-order valence-electron chi connectivity index (χ1n) is 5.16. The molecule has 0 unspecified atom stereocenters. The Bertz CT molecular complexity index is 182. The molecule has 0 fully saturated rings. The lowest BCUT2D eigenvalue weighted by Crippen LogP contribution is -2.11. The van der Waals surface area contributed by atoms with Crippen molar-refractivity contribution in [1.82, 2.24) is 0 Å². The maximum Gasteiger partial charge on any atom is 0.305 e. The van der Waals surface area contributed by atoms with Gasteiger partial charge in [0.1, 0.15) is 6.29 Å². The highest BCUT2D eigenvalue weighted by molar-refractivity contribution is 5.66. The highest BCUT2D eigenvalue weighted by Gasteiger charge is 1.96. The van der Waals surface area contributed by atoms with Crippen LogP contribution in [0.1, 0.15) is 12.8 Å². The van der Waals surface area contributed by atoms with Gasteiger partial charge in [-0.15, -0.1) is 0 Å². The molecule has 0 aliphatic rings. The molecule has 0 aliphatic carbocycles. The number of carbonyl (C=O) groups is 2. The molecule has 6 nitrogen and oxygen atoms in total. The number of rotatable bonds is 12. The first kappa shape index (κ1) is 15.0. The largest absolute Gasteiger partial charge is 0.481 e. The van der Waals surface area contributed by atoms with Crippen LogP contribution in [0.15, 0.2) is 0 Å². The van der Waals surface area contributed by atoms with Gasteiger partial charge in [-0.3, -0.25) is 4.79 Å². The third-order valence-corrected chi connectivity index (χ3v) is 1.58. The number of aliphatic carboxylic acids is 1. The fourth-order valence-electron chi connectivity index (χ4n) is 0.833. The SMILES string of the molecule is O=CCCOCCOCCOCCC(=O)O. The molecule has 6 heteroatoms. The fraction of sp³-hybridized carbons (Fsp3) is 0.800. The van der Waals surface area contributed by atoms with Crippen molar-refractivity contribution in [2.45, 2.75) is 12.8 Å². The van der Waals surface area contributed by atoms with E-state index in [1.807, 2.05) is 0 Å². The van der Waals surface area contributed by atoms with Gasteiger partial charge in [-0.1, -0.05) is 0 Å². The van der Waals surface area contributed by atoms with Crippen molar-refractivity contribution >= 4 is 12.3 Å². The zero-order valence-corrected chi connectivity index (χ0v) is 9.22. The lowest BCUT2D eigenvalue weighted by atomic mass is 10.5. The number of ether oxygens (including phenoxy) is 3. The van der Waals surface area contributed by atoms with Gasteiger partial charge in [0.15, 0.2) is 0 Å². The van der Waals surface area contributed by atoms with Crippen LogP contribution in [0.4, 0.5) is 0 Å². The second-order valence-corrected chi connectivity index (χ2v) is 2.94. The Labute approximate surface area is 94.5 Å². The zero-order valence-electron chi connectivity index (χ0n) is 9.22. The molecule has 0 heterocycles. The van der Waals surface area contributed by atoms with Crippen LogP contribution in [0.3, 0.4) is 0 Å². The van der Waals surface area contributed by atoms with Crippen LogP contribution in [0, 0.1) is 0 Å². The lowest BCUT2D eigenvalue weighted by molar-refractivity contribution is -0.138. The van der Waals surface area contributed by atoms with Crippen LogP contribution in [0.25, 0.3) is 0 Å². The van der Waals surface area contributed by atoms with Gasteiger partial charge < -0.3 is 24.1 Å². The number of aldehydes is 1. The quantitative estimate of drug-likeness (QED) is 0.381. The Hall–Kier alpha value is -0.980. The average Bonchev–Trinajstić information content (AvgIpc) is 2.25. The average molecular weight is 234 g/mol. The number of carboxylic acid groups (broad SMARTS) is 1. The van der Waals surface area contributed by atoms with E-state index >= 15 is 0 Å². The third kappa shape index (κ3) is 13.0. The van der Waals surface area contributed by atoms with Gasteiger partial charge in [0.2, 0.25) is 0 Å². The molecule has 0 atom stereocenters. The summed E-state index contributed by atoms with van der Waals surface area (Å²) in [6.45, 7) is 2.30. The van der Waals surface area contributed by atoms with Crippen LogP contribution in [-0.4, -0.2) is 57.0 Å². The number of carbonyl (C=O) groups excluding carboxylic acids is 1. The number of carboxylic acids is 1. The van der Waals surface area contributed by atoms with Crippen LogP contribution in [-0.2, 0) is 23.8 Å². The molecule has 0 aromatic rings. The molecule has 0 rings (SSSR count). The first-order valence-corrected chi connectivity index (χ1v) is 5.16. The van der Waals surface area contributed by atoms with E-state index in [-0.39, 0.29) is 13.0 Å². The zero-order chi connectivity index (χ0) is 12.1. The van der Waals surface area contributed by atoms with E-state index in [0.29, 0.717) is 39.5 Å². The highest BCUT2D eigenvalue weighted by atomic mass is 16.5. The lowest BCUT2D eigenvalue weighted by Gasteiger charge is -2.05. The second-order valence-electron chi connectivity index (χ2n) is 2.94. The predicted molar refractivity (Wildman–Crippen MR) is 55.4 cm³/mol. The summed E-state index contributed by atoms with van der Waals surface area (Å²) in [5.74, 6) is -0.871. The molecule has 0 aromatic heterocycles. The van der Waals surface area contributed by atoms with Crippen LogP contribution in [0.5, 0.6) is 0 Å². The van der Waals surface area contributed by atoms with Gasteiger partial charge in [0.05, 0.1) is 46.1 Å². The molecular formula is C10H18O6. The molecule has 0 saturated heterocycles. The van der Waals surface area contributed by atoms with Crippen molar-refractivity contribution in [2.75, 3.05) is 39.6 Å². The minimum Gasteiger partial charge on any atom is -0.481 e. The minimum atomic E-state index is -0.871. The van der Waals surface area contributed by atoms with Crippen LogP contribution in [0.2, 0.25) is 0 Å². The number of hydrogen-bond donors (Lipinski definition) is 1. The summed E-state index contributed by atoms with van der Waals surface area (Å²) in [5, 5.41) is 8.30. The molecule has 16 heavy (non-hydrogen) atoms. The Morgan fingerprint density at radius 2 is 1.44 bits per heavy atom. The van der Waals surface area contributed by atoms with Crippen LogP contribution < -0.4 is 0 Å². The maximum absolute atomic E-state index is 10.1. The van der Waals surface area contributed by atoms with Gasteiger partial charge in [-0.2, -0.15) is 0 Å². The molecule has 0 aliphatic heterocycles. The Morgan fingerprint density at radius 1 is 0.938 bits per heavy atom. The molecule has 0 aromatic carbocycles. The van der Waals surface area contributed by atoms with E-state index in [9.17, 15) is 9.59 Å². The standard InChI is InChI=1S/C10H18O6/c11-3-1-4-14-6-8-16-9-7-15-5-2-10(12)13/h3H,1-2,4-9H2,(H,12,13). The predicted octanol–water partition coefficient (Wildman–Crippen LogP) is 0.0999. The molecule has 0 spiro atoms. The third-order valence-electron chi connectivity index (χ3n) is 1.58. The summed E-state index contributed by atoms with van der Waals surface area (Å²) >= 11 is 0. The fourth-order valence-corrected chi connectivity index (χ4v) is 0.833. The summed E-state index contributed by atoms with van der Waals surface area (Å²) in [5.41, 5.74) is 0. The first-order chi connectivity index (χ1) is 7.77. The molecular weight excluding hydrogens is 216 g/mol. The molecule has 94 valence electrons. The van der Waals surface area contributed by atoms with E-state index in [1.54, 1.807) is 0 Å². The summed E-state index contributed by atoms with van der Waals surface area (Å²) in [7, 11) is 0. The second kappa shape index (κ2) is 12.1. The molecule has 0 amide bonds. The molecule has 0 bridgehead atoms. The van der Waals surface area contributed by atoms with Gasteiger partial charge in [-0.05, 0) is 0 Å². The van der Waals surface area contributed by atoms with E-state index in [1.165, 1.54) is 0 Å². The topological polar surface area (TPSA) is 82.1 Å². The Morgan fingerprint density at radius 3 is 1.94 bits per heavy atom. The molecule has 0 saturated carbocycles. The summed E-state index contributed by atoms with van der Waals surface area (Å²) < 4.78 is 15.2. The monoisotopic (exact) mass is 234 g/mol. The Kier molecular flexibility index (Phi) is 11.4. The summed E-state index contributed by atoms with van der Waals surface area (Å²) in [6.07, 6.45) is 1.21. The van der Waals surface area contributed by atoms with Crippen molar-refractivity contribution in [2.24, 2.45) is 0 Å². The van der Waals surface area contributed by atoms with Crippen LogP contribution >= 0.6 is 0 Å². The molecule has 1 N–H and O–H groups in total. The minimum absolute atomic E-state index is 0.00874. The number of hydrogen-bond acceptors (Lipinski definition) is 5. The highest BCUT2D eigenvalue weighted by Crippen LogP contribution is 1.85. The van der Waals surface area contributed by atoms with E-state index in [4.69, 9.17) is 19.3 Å². The van der Waals surface area contributed by atoms with E-state index < -0.39 is 5.97 Å². The van der Waals surface area contributed by atoms with Gasteiger partial charge in [-0.25, -0.2) is 0 Å². The van der Waals surface area contributed by atoms with Crippen molar-refractivity contribution in [3.05, 3.63) is 0 Å². The maximum atomic E-state index is 10.1. The Balaban J connectivity index is 2.93. The van der Waals surface area contributed by atoms with Crippen molar-refractivity contribution < 1.29 is 28.9 Å². The van der Waals surface area contributed by atoms with Gasteiger partial charge in [0, 0.05) is 6.42 Å². The summed E-state index contributed by atoms with van der Waals surface area (Å²) in [6, 6.07) is 0. The summed E-state index contributed by atoms with van der Waals surface area (Å²) in [4.78, 5) is 20.0. The smallest absolute Gasteiger partial charge is 0.305 e. The van der Waals surface area contributed by atoms with Crippen molar-refractivity contribution in [3.63, 3.8) is 0 Å². The van der Waals surface area contributed by atoms with Crippen molar-refractivity contribution in [3.8, 4) is 0 Å². The van der Waals surface area contributed by atoms with Gasteiger partial charge >= 0.3 is 5.97 Å². The normalized spacial score (nSPS) is 10.2. The van der Waals surface area contributed by atoms with E-state index in [2.05, 4.69) is 0 Å². The molecule has 0 radical (unpaired) electrons.